The van der Waals surface area contributed by atoms with Gasteiger partial charge in [0.25, 0.3) is 5.91 Å². The molecule has 0 spiro atoms. The monoisotopic (exact) mass is 373 g/mol. The summed E-state index contributed by atoms with van der Waals surface area (Å²) in [6.07, 6.45) is 1.86. The third-order valence-corrected chi connectivity index (χ3v) is 4.38. The van der Waals surface area contributed by atoms with Gasteiger partial charge >= 0.3 is 5.69 Å². The molecule has 0 unspecified atom stereocenters. The van der Waals surface area contributed by atoms with Crippen LogP contribution in [-0.2, 0) is 9.47 Å². The molecule has 2 N–H and O–H groups in total. The molecule has 2 bridgehead atoms. The van der Waals surface area contributed by atoms with Crippen LogP contribution < -0.4 is 5.43 Å². The van der Waals surface area contributed by atoms with E-state index in [2.05, 4.69) is 15.6 Å². The van der Waals surface area contributed by atoms with E-state index in [9.17, 15) is 20.0 Å². The minimum absolute atomic E-state index is 0.0291. The Morgan fingerprint density at radius 1 is 1.48 bits per heavy atom. The van der Waals surface area contributed by atoms with Gasteiger partial charge in [-0.05, 0) is 18.2 Å². The number of hydrogen-bond acceptors (Lipinski definition) is 8. The number of nitrogens with zero attached hydrogens (tertiary/aromatic N) is 4. The van der Waals surface area contributed by atoms with Crippen molar-refractivity contribution in [2.75, 3.05) is 6.61 Å². The van der Waals surface area contributed by atoms with Crippen LogP contribution in [0.4, 0.5) is 5.69 Å². The highest BCUT2D eigenvalue weighted by molar-refractivity contribution is 5.96. The Hall–Kier alpha value is -3.31. The molecule has 2 aliphatic rings. The van der Waals surface area contributed by atoms with Crippen molar-refractivity contribution in [3.05, 3.63) is 52.3 Å². The number of phenols is 1. The first-order chi connectivity index (χ1) is 13.0. The van der Waals surface area contributed by atoms with Gasteiger partial charge in [-0.25, -0.2) is 5.43 Å². The zero-order valence-electron chi connectivity index (χ0n) is 13.9. The summed E-state index contributed by atoms with van der Waals surface area (Å²) in [6, 6.07) is 5.53. The van der Waals surface area contributed by atoms with Crippen molar-refractivity contribution >= 4 is 17.3 Å². The summed E-state index contributed by atoms with van der Waals surface area (Å²) in [6.45, 7) is 0.294. The standard InChI is InChI=1S/C16H15N5O6/c22-11-3-1-2-9(4-11)15(23)19-18-12-5-13(14-8-26-16(12)27-14)20-7-10(6-17-20)21(24)25/h1-4,6-7,13-14,16,22H,5,8H2,(H,19,23)/b18-12+/t13-,14+,16-/m0/s1. The molecule has 1 aromatic heterocycles. The molecule has 11 nitrogen and oxygen atoms in total. The van der Waals surface area contributed by atoms with Gasteiger partial charge in [0.2, 0.25) is 0 Å². The number of hydrazone groups is 1. The molecule has 0 aliphatic carbocycles. The molecular weight excluding hydrogens is 358 g/mol. The van der Waals surface area contributed by atoms with Crippen LogP contribution in [0.25, 0.3) is 0 Å². The number of aromatic nitrogens is 2. The Morgan fingerprint density at radius 3 is 3.07 bits per heavy atom. The topological polar surface area (TPSA) is 141 Å². The number of carbonyl (C=O) groups excluding carboxylic acids is 1. The molecule has 0 saturated carbocycles. The van der Waals surface area contributed by atoms with Crippen molar-refractivity contribution in [1.82, 2.24) is 15.2 Å². The zero-order valence-corrected chi connectivity index (χ0v) is 13.9. The molecule has 2 aliphatic heterocycles. The van der Waals surface area contributed by atoms with Gasteiger partial charge in [-0.1, -0.05) is 6.07 Å². The van der Waals surface area contributed by atoms with E-state index < -0.39 is 17.1 Å². The Kier molecular flexibility index (Phi) is 4.30. The summed E-state index contributed by atoms with van der Waals surface area (Å²) in [7, 11) is 0. The molecule has 1 aromatic carbocycles. The summed E-state index contributed by atoms with van der Waals surface area (Å²) in [5.74, 6) is -0.525. The zero-order chi connectivity index (χ0) is 19.0. The first kappa shape index (κ1) is 17.1. The third-order valence-electron chi connectivity index (χ3n) is 4.38. The predicted octanol–water partition coefficient (Wildman–Crippen LogP) is 0.969. The number of nitro groups is 1. The predicted molar refractivity (Wildman–Crippen MR) is 90.2 cm³/mol. The minimum Gasteiger partial charge on any atom is -0.508 e. The molecule has 2 saturated heterocycles. The number of ether oxygens (including phenoxy) is 2. The van der Waals surface area contributed by atoms with Crippen molar-refractivity contribution in [2.45, 2.75) is 24.9 Å². The third kappa shape index (κ3) is 3.37. The van der Waals surface area contributed by atoms with Gasteiger partial charge in [0.05, 0.1) is 23.3 Å². The fourth-order valence-electron chi connectivity index (χ4n) is 3.04. The van der Waals surface area contributed by atoms with E-state index in [0.29, 0.717) is 18.7 Å². The highest BCUT2D eigenvalue weighted by Gasteiger charge is 2.43. The number of benzene rings is 1. The lowest BCUT2D eigenvalue weighted by atomic mass is 10.0. The average Bonchev–Trinajstić information content (AvgIpc) is 3.30. The molecule has 2 fully saturated rings. The molecule has 140 valence electrons. The second kappa shape index (κ2) is 6.78. The number of nitrogens with one attached hydrogen (secondary N) is 1. The van der Waals surface area contributed by atoms with Crippen LogP contribution in [0.15, 0.2) is 41.8 Å². The maximum absolute atomic E-state index is 12.2. The van der Waals surface area contributed by atoms with E-state index in [-0.39, 0.29) is 29.1 Å². The van der Waals surface area contributed by atoms with Crippen LogP contribution in [0.3, 0.4) is 0 Å². The number of amides is 1. The van der Waals surface area contributed by atoms with Gasteiger partial charge in [0.15, 0.2) is 6.29 Å². The van der Waals surface area contributed by atoms with Gasteiger partial charge < -0.3 is 14.6 Å². The summed E-state index contributed by atoms with van der Waals surface area (Å²) < 4.78 is 12.7. The molecule has 2 aromatic rings. The van der Waals surface area contributed by atoms with Crippen molar-refractivity contribution in [3.63, 3.8) is 0 Å². The Morgan fingerprint density at radius 2 is 2.33 bits per heavy atom. The molecule has 11 heteroatoms. The summed E-state index contributed by atoms with van der Waals surface area (Å²) in [4.78, 5) is 22.5. The second-order valence-electron chi connectivity index (χ2n) is 6.14. The lowest BCUT2D eigenvalue weighted by molar-refractivity contribution is -0.385. The molecule has 0 radical (unpaired) electrons. The normalized spacial score (nSPS) is 25.5. The van der Waals surface area contributed by atoms with Crippen LogP contribution >= 0.6 is 0 Å². The van der Waals surface area contributed by atoms with Gasteiger partial charge in [-0.3, -0.25) is 19.6 Å². The Labute approximate surface area is 152 Å². The number of rotatable bonds is 4. The first-order valence-electron chi connectivity index (χ1n) is 8.12. The SMILES string of the molecule is O=C(N/N=C1\C[C@H](n2cc([N+](=O)[O-])cn2)[C@H]2CO[C@H]1O2)c1cccc(O)c1. The number of hydrogen-bond donors (Lipinski definition) is 2. The van der Waals surface area contributed by atoms with Crippen molar-refractivity contribution < 1.29 is 24.3 Å². The second-order valence-corrected chi connectivity index (χ2v) is 6.14. The Balaban J connectivity index is 1.51. The van der Waals surface area contributed by atoms with Crippen LogP contribution in [0.1, 0.15) is 22.8 Å². The van der Waals surface area contributed by atoms with Gasteiger partial charge in [0, 0.05) is 12.0 Å². The summed E-state index contributed by atoms with van der Waals surface area (Å²) >= 11 is 0. The van der Waals surface area contributed by atoms with Crippen LogP contribution in [-0.4, -0.2) is 50.4 Å². The maximum atomic E-state index is 12.2. The molecule has 3 heterocycles. The van der Waals surface area contributed by atoms with Gasteiger partial charge in [-0.2, -0.15) is 10.2 Å². The quantitative estimate of drug-likeness (QED) is 0.601. The van der Waals surface area contributed by atoms with E-state index in [1.54, 1.807) is 12.1 Å². The van der Waals surface area contributed by atoms with Crippen molar-refractivity contribution in [3.8, 4) is 5.75 Å². The number of aromatic hydroxyl groups is 1. The number of carbonyl (C=O) groups is 1. The van der Waals surface area contributed by atoms with Crippen molar-refractivity contribution in [1.29, 1.82) is 0 Å². The highest BCUT2D eigenvalue weighted by atomic mass is 16.7. The van der Waals surface area contributed by atoms with E-state index in [4.69, 9.17) is 9.47 Å². The number of phenolic OH excluding ortho intramolecular Hbond substituents is 1. The average molecular weight is 373 g/mol. The molecule has 3 atom stereocenters. The van der Waals surface area contributed by atoms with Crippen LogP contribution in [0.2, 0.25) is 0 Å². The Bertz CT molecular complexity index is 926. The van der Waals surface area contributed by atoms with Gasteiger partial charge in [0.1, 0.15) is 24.2 Å². The lowest BCUT2D eigenvalue weighted by Gasteiger charge is -2.28. The van der Waals surface area contributed by atoms with E-state index in [0.717, 1.165) is 0 Å². The largest absolute Gasteiger partial charge is 0.508 e. The van der Waals surface area contributed by atoms with E-state index in [1.165, 1.54) is 29.2 Å². The molecule has 27 heavy (non-hydrogen) atoms. The van der Waals surface area contributed by atoms with Crippen LogP contribution in [0.5, 0.6) is 5.75 Å². The van der Waals surface area contributed by atoms with E-state index >= 15 is 0 Å². The maximum Gasteiger partial charge on any atom is 0.307 e. The fraction of sp³-hybridized carbons (Fsp3) is 0.312. The molecule has 4 rings (SSSR count). The van der Waals surface area contributed by atoms with Crippen molar-refractivity contribution in [2.24, 2.45) is 5.10 Å². The minimum atomic E-state index is -0.679. The van der Waals surface area contributed by atoms with E-state index in [1.807, 2.05) is 0 Å². The van der Waals surface area contributed by atoms with Crippen LogP contribution in [0, 0.1) is 10.1 Å². The summed E-state index contributed by atoms with van der Waals surface area (Å²) in [5, 5.41) is 28.4. The lowest BCUT2D eigenvalue weighted by Crippen LogP contribution is -2.38. The summed E-state index contributed by atoms with van der Waals surface area (Å²) in [5.41, 5.74) is 2.99. The fourth-order valence-corrected chi connectivity index (χ4v) is 3.04. The molecular formula is C16H15N5O6. The molecule has 1 amide bonds. The van der Waals surface area contributed by atoms with Gasteiger partial charge in [-0.15, -0.1) is 0 Å². The highest BCUT2D eigenvalue weighted by Crippen LogP contribution is 2.33. The smallest absolute Gasteiger partial charge is 0.307 e. The first-order valence-corrected chi connectivity index (χ1v) is 8.12. The number of fused-ring (bicyclic) bond motifs is 2.